The van der Waals surface area contributed by atoms with Crippen molar-refractivity contribution in [3.05, 3.63) is 49.6 Å². The number of hydrogen-bond acceptors (Lipinski definition) is 5. The van der Waals surface area contributed by atoms with Gasteiger partial charge in [-0.25, -0.2) is 5.10 Å². The molecule has 2 amide bonds. The van der Waals surface area contributed by atoms with Crippen LogP contribution in [0.25, 0.3) is 0 Å². The van der Waals surface area contributed by atoms with E-state index < -0.39 is 0 Å². The molecule has 1 aliphatic carbocycles. The van der Waals surface area contributed by atoms with Gasteiger partial charge in [-0.05, 0) is 56.7 Å². The van der Waals surface area contributed by atoms with Crippen molar-refractivity contribution in [2.45, 2.75) is 51.0 Å². The van der Waals surface area contributed by atoms with E-state index in [1.807, 2.05) is 11.8 Å². The van der Waals surface area contributed by atoms with Gasteiger partial charge in [0.25, 0.3) is 11.5 Å². The lowest BCUT2D eigenvalue weighted by atomic mass is 9.89. The average Bonchev–Trinajstić information content (AvgIpc) is 3.25. The first-order valence-corrected chi connectivity index (χ1v) is 10.5. The fourth-order valence-corrected chi connectivity index (χ4v) is 5.20. The molecule has 7 nitrogen and oxygen atoms in total. The summed E-state index contributed by atoms with van der Waals surface area (Å²) in [6.07, 6.45) is 6.27. The predicted octanol–water partition coefficient (Wildman–Crippen LogP) is 1.67. The Labute approximate surface area is 167 Å². The summed E-state index contributed by atoms with van der Waals surface area (Å²) in [5, 5.41) is 9.03. The molecule has 0 bridgehead atoms. The number of carbonyl (C=O) groups is 2. The number of thiophene rings is 1. The van der Waals surface area contributed by atoms with Gasteiger partial charge in [0, 0.05) is 35.3 Å². The smallest absolute Gasteiger partial charge is 0.267 e. The van der Waals surface area contributed by atoms with E-state index in [-0.39, 0.29) is 29.3 Å². The minimum absolute atomic E-state index is 0.0246. The summed E-state index contributed by atoms with van der Waals surface area (Å²) < 4.78 is 0. The van der Waals surface area contributed by atoms with E-state index in [2.05, 4.69) is 21.6 Å². The number of carbonyl (C=O) groups excluding carboxylic acids is 2. The minimum atomic E-state index is -0.370. The summed E-state index contributed by atoms with van der Waals surface area (Å²) >= 11 is 1.64. The number of aromatic nitrogens is 2. The molecule has 2 aromatic heterocycles. The van der Waals surface area contributed by atoms with Crippen molar-refractivity contribution in [3.63, 3.8) is 0 Å². The monoisotopic (exact) mass is 400 g/mol. The molecule has 1 saturated heterocycles. The number of amides is 2. The molecule has 0 saturated carbocycles. The van der Waals surface area contributed by atoms with Crippen LogP contribution in [0.2, 0.25) is 0 Å². The zero-order chi connectivity index (χ0) is 19.7. The Balaban J connectivity index is 1.33. The predicted molar refractivity (Wildman–Crippen MR) is 107 cm³/mol. The molecular weight excluding hydrogens is 376 g/mol. The molecule has 2 aliphatic rings. The van der Waals surface area contributed by atoms with E-state index in [0.29, 0.717) is 31.5 Å². The van der Waals surface area contributed by atoms with Gasteiger partial charge < -0.3 is 10.2 Å². The molecule has 0 aromatic carbocycles. The Kier molecular flexibility index (Phi) is 5.05. The fraction of sp³-hybridized carbons (Fsp3) is 0.500. The molecule has 0 radical (unpaired) electrons. The van der Waals surface area contributed by atoms with E-state index in [4.69, 9.17) is 0 Å². The van der Waals surface area contributed by atoms with Crippen molar-refractivity contribution in [1.82, 2.24) is 20.4 Å². The van der Waals surface area contributed by atoms with Gasteiger partial charge in [-0.3, -0.25) is 14.4 Å². The highest BCUT2D eigenvalue weighted by Crippen LogP contribution is 2.32. The molecule has 0 spiro atoms. The first-order chi connectivity index (χ1) is 13.4. The summed E-state index contributed by atoms with van der Waals surface area (Å²) in [7, 11) is 0. The summed E-state index contributed by atoms with van der Waals surface area (Å²) in [5.41, 5.74) is 1.03. The second-order valence-corrected chi connectivity index (χ2v) is 9.04. The maximum absolute atomic E-state index is 12.8. The van der Waals surface area contributed by atoms with Gasteiger partial charge in [-0.1, -0.05) is 0 Å². The standard InChI is InChI=1S/C20H24N4O3S/c1-20(22-17(25)12-14-5-8-21-23-18(14)26)6-9-24(10-7-20)19(27)16-11-13-3-2-4-15(13)28-16/h5,8,11H,2-4,6-7,9-10,12H2,1H3,(H,22,25)(H,23,26). The van der Waals surface area contributed by atoms with Gasteiger partial charge in [0.2, 0.25) is 5.91 Å². The van der Waals surface area contributed by atoms with Crippen LogP contribution in [0.5, 0.6) is 0 Å². The second kappa shape index (κ2) is 7.50. The van der Waals surface area contributed by atoms with Crippen molar-refractivity contribution in [2.75, 3.05) is 13.1 Å². The molecule has 148 valence electrons. The SMILES string of the molecule is CC1(NC(=O)Cc2ccn[nH]c2=O)CCN(C(=O)c2cc3c(s2)CCC3)CC1. The fourth-order valence-electron chi connectivity index (χ4n) is 3.98. The van der Waals surface area contributed by atoms with Crippen molar-refractivity contribution in [3.8, 4) is 0 Å². The number of aromatic amines is 1. The van der Waals surface area contributed by atoms with E-state index in [0.717, 1.165) is 17.7 Å². The number of nitrogens with one attached hydrogen (secondary N) is 2. The van der Waals surface area contributed by atoms with E-state index in [1.54, 1.807) is 17.4 Å². The van der Waals surface area contributed by atoms with Crippen LogP contribution in [0.4, 0.5) is 0 Å². The molecule has 0 unspecified atom stereocenters. The van der Waals surface area contributed by atoms with Gasteiger partial charge in [0.05, 0.1) is 11.3 Å². The lowest BCUT2D eigenvalue weighted by Gasteiger charge is -2.39. The Morgan fingerprint density at radius 2 is 2.11 bits per heavy atom. The first-order valence-electron chi connectivity index (χ1n) is 9.68. The highest BCUT2D eigenvalue weighted by atomic mass is 32.1. The Morgan fingerprint density at radius 3 is 2.82 bits per heavy atom. The van der Waals surface area contributed by atoms with Crippen LogP contribution in [-0.4, -0.2) is 45.5 Å². The highest BCUT2D eigenvalue weighted by Gasteiger charge is 2.34. The molecule has 28 heavy (non-hydrogen) atoms. The number of hydrogen-bond donors (Lipinski definition) is 2. The second-order valence-electron chi connectivity index (χ2n) is 7.90. The lowest BCUT2D eigenvalue weighted by Crippen LogP contribution is -2.54. The van der Waals surface area contributed by atoms with Crippen LogP contribution in [-0.2, 0) is 24.1 Å². The van der Waals surface area contributed by atoms with E-state index in [1.165, 1.54) is 23.1 Å². The number of piperidine rings is 1. The van der Waals surface area contributed by atoms with Crippen LogP contribution in [0, 0.1) is 0 Å². The molecule has 2 N–H and O–H groups in total. The maximum atomic E-state index is 12.8. The maximum Gasteiger partial charge on any atom is 0.267 e. The molecule has 2 aromatic rings. The van der Waals surface area contributed by atoms with E-state index >= 15 is 0 Å². The summed E-state index contributed by atoms with van der Waals surface area (Å²) in [4.78, 5) is 41.0. The Hall–Kier alpha value is -2.48. The summed E-state index contributed by atoms with van der Waals surface area (Å²) in [5.74, 6) is -0.0789. The molecule has 1 fully saturated rings. The Bertz CT molecular complexity index is 935. The number of aryl methyl sites for hydroxylation is 2. The Morgan fingerprint density at radius 1 is 1.32 bits per heavy atom. The van der Waals surface area contributed by atoms with Crippen LogP contribution in [0.1, 0.15) is 51.9 Å². The van der Waals surface area contributed by atoms with Crippen molar-refractivity contribution >= 4 is 23.2 Å². The topological polar surface area (TPSA) is 95.2 Å². The van der Waals surface area contributed by atoms with Crippen LogP contribution in [0.15, 0.2) is 23.1 Å². The number of nitrogens with zero attached hydrogens (tertiary/aromatic N) is 2. The number of fused-ring (bicyclic) bond motifs is 1. The van der Waals surface area contributed by atoms with Crippen LogP contribution < -0.4 is 10.9 Å². The zero-order valence-corrected chi connectivity index (χ0v) is 16.7. The van der Waals surface area contributed by atoms with Crippen LogP contribution in [0.3, 0.4) is 0 Å². The third-order valence-electron chi connectivity index (χ3n) is 5.71. The number of likely N-dealkylation sites (tertiary alicyclic amines) is 1. The lowest BCUT2D eigenvalue weighted by molar-refractivity contribution is -0.122. The molecular formula is C20H24N4O3S. The number of rotatable bonds is 4. The summed E-state index contributed by atoms with van der Waals surface area (Å²) in [6.45, 7) is 3.24. The minimum Gasteiger partial charge on any atom is -0.351 e. The van der Waals surface area contributed by atoms with Gasteiger partial charge in [-0.2, -0.15) is 5.10 Å². The van der Waals surface area contributed by atoms with Gasteiger partial charge in [0.1, 0.15) is 0 Å². The normalized spacial score (nSPS) is 18.0. The molecule has 4 rings (SSSR count). The average molecular weight is 401 g/mol. The number of H-pyrrole nitrogens is 1. The van der Waals surface area contributed by atoms with E-state index in [9.17, 15) is 14.4 Å². The van der Waals surface area contributed by atoms with Crippen molar-refractivity contribution in [1.29, 1.82) is 0 Å². The molecule has 0 atom stereocenters. The third-order valence-corrected chi connectivity index (χ3v) is 6.94. The summed E-state index contributed by atoms with van der Waals surface area (Å²) in [6, 6.07) is 3.62. The van der Waals surface area contributed by atoms with Gasteiger partial charge in [0.15, 0.2) is 0 Å². The van der Waals surface area contributed by atoms with Crippen LogP contribution >= 0.6 is 11.3 Å². The molecule has 8 heteroatoms. The third kappa shape index (κ3) is 3.87. The van der Waals surface area contributed by atoms with Crippen molar-refractivity contribution < 1.29 is 9.59 Å². The van der Waals surface area contributed by atoms with Gasteiger partial charge >= 0.3 is 0 Å². The first kappa shape index (κ1) is 18.9. The molecule has 1 aliphatic heterocycles. The zero-order valence-electron chi connectivity index (χ0n) is 15.9. The quantitative estimate of drug-likeness (QED) is 0.816. The largest absolute Gasteiger partial charge is 0.351 e. The van der Waals surface area contributed by atoms with Crippen molar-refractivity contribution in [2.24, 2.45) is 0 Å². The molecule has 3 heterocycles. The highest BCUT2D eigenvalue weighted by molar-refractivity contribution is 7.14. The van der Waals surface area contributed by atoms with Gasteiger partial charge in [-0.15, -0.1) is 11.3 Å².